The van der Waals surface area contributed by atoms with E-state index in [9.17, 15) is 14.5 Å². The van der Waals surface area contributed by atoms with Crippen molar-refractivity contribution in [2.24, 2.45) is 0 Å². The topological polar surface area (TPSA) is 68.1 Å². The van der Waals surface area contributed by atoms with Crippen LogP contribution in [0.5, 0.6) is 0 Å². The molecule has 1 N–H and O–H groups in total. The third-order valence-corrected chi connectivity index (χ3v) is 2.74. The zero-order chi connectivity index (χ0) is 14.0. The Morgan fingerprint density at radius 2 is 2.37 bits per heavy atom. The predicted octanol–water partition coefficient (Wildman–Crippen LogP) is 3.27. The van der Waals surface area contributed by atoms with Crippen molar-refractivity contribution in [1.29, 1.82) is 0 Å². The van der Waals surface area contributed by atoms with E-state index in [1.165, 1.54) is 6.20 Å². The molecule has 1 atom stereocenters. The summed E-state index contributed by atoms with van der Waals surface area (Å²) in [5.41, 5.74) is 0.0916. The Kier molecular flexibility index (Phi) is 3.41. The average Bonchev–Trinajstić information content (AvgIpc) is 2.41. The van der Waals surface area contributed by atoms with Crippen LogP contribution < -0.4 is 5.32 Å². The molecule has 2 rings (SSSR count). The molecule has 0 fully saturated rings. The summed E-state index contributed by atoms with van der Waals surface area (Å²) in [6.07, 6.45) is 3.07. The standard InChI is InChI=1S/C13H12FN3O2/c1-3-8(2)16-13-10(14)7-11(17(18)19)9-5-4-6-15-12(9)13/h3-8,16H,1H2,2H3. The van der Waals surface area contributed by atoms with Crippen LogP contribution in [0.25, 0.3) is 10.9 Å². The summed E-state index contributed by atoms with van der Waals surface area (Å²) in [7, 11) is 0. The minimum Gasteiger partial charge on any atom is -0.375 e. The quantitative estimate of drug-likeness (QED) is 0.521. The highest BCUT2D eigenvalue weighted by molar-refractivity contribution is 5.97. The van der Waals surface area contributed by atoms with Crippen molar-refractivity contribution in [3.8, 4) is 0 Å². The Morgan fingerprint density at radius 3 is 3.00 bits per heavy atom. The van der Waals surface area contributed by atoms with E-state index < -0.39 is 10.7 Å². The van der Waals surface area contributed by atoms with Gasteiger partial charge >= 0.3 is 0 Å². The smallest absolute Gasteiger partial charge is 0.281 e. The molecule has 1 aromatic heterocycles. The van der Waals surface area contributed by atoms with E-state index in [-0.39, 0.29) is 22.9 Å². The maximum Gasteiger partial charge on any atom is 0.281 e. The highest BCUT2D eigenvalue weighted by atomic mass is 19.1. The van der Waals surface area contributed by atoms with Gasteiger partial charge in [0.15, 0.2) is 5.82 Å². The van der Waals surface area contributed by atoms with Crippen molar-refractivity contribution in [2.45, 2.75) is 13.0 Å². The van der Waals surface area contributed by atoms with Gasteiger partial charge in [-0.05, 0) is 19.1 Å². The van der Waals surface area contributed by atoms with Gasteiger partial charge in [0.2, 0.25) is 0 Å². The van der Waals surface area contributed by atoms with Crippen molar-refractivity contribution in [1.82, 2.24) is 4.98 Å². The lowest BCUT2D eigenvalue weighted by atomic mass is 10.1. The van der Waals surface area contributed by atoms with Crippen LogP contribution in [0.4, 0.5) is 15.8 Å². The van der Waals surface area contributed by atoms with Crippen LogP contribution in [0.1, 0.15) is 6.92 Å². The molecule has 0 saturated carbocycles. The van der Waals surface area contributed by atoms with Crippen molar-refractivity contribution < 1.29 is 9.31 Å². The molecule has 0 aliphatic rings. The van der Waals surface area contributed by atoms with Crippen LogP contribution >= 0.6 is 0 Å². The van der Waals surface area contributed by atoms with Gasteiger partial charge in [-0.2, -0.15) is 0 Å². The second-order valence-corrected chi connectivity index (χ2v) is 4.08. The molecule has 0 radical (unpaired) electrons. The number of hydrogen-bond donors (Lipinski definition) is 1. The van der Waals surface area contributed by atoms with E-state index >= 15 is 0 Å². The van der Waals surface area contributed by atoms with Crippen LogP contribution in [0.2, 0.25) is 0 Å². The molecular weight excluding hydrogens is 249 g/mol. The van der Waals surface area contributed by atoms with E-state index in [1.807, 2.05) is 0 Å². The lowest BCUT2D eigenvalue weighted by molar-refractivity contribution is -0.383. The number of nitrogens with one attached hydrogen (secondary N) is 1. The van der Waals surface area contributed by atoms with Crippen molar-refractivity contribution >= 4 is 22.3 Å². The number of rotatable bonds is 4. The lowest BCUT2D eigenvalue weighted by Crippen LogP contribution is -2.13. The number of anilines is 1. The summed E-state index contributed by atoms with van der Waals surface area (Å²) in [5, 5.41) is 14.1. The van der Waals surface area contributed by atoms with Crippen molar-refractivity contribution in [3.05, 3.63) is 53.0 Å². The molecule has 98 valence electrons. The zero-order valence-electron chi connectivity index (χ0n) is 10.3. The Labute approximate surface area is 108 Å². The largest absolute Gasteiger partial charge is 0.375 e. The number of benzene rings is 1. The fraction of sp³-hybridized carbons (Fsp3) is 0.154. The number of hydrogen-bond acceptors (Lipinski definition) is 4. The summed E-state index contributed by atoms with van der Waals surface area (Å²) in [4.78, 5) is 14.3. The van der Waals surface area contributed by atoms with Crippen LogP contribution in [0.15, 0.2) is 37.1 Å². The van der Waals surface area contributed by atoms with Crippen LogP contribution in [0, 0.1) is 15.9 Å². The van der Waals surface area contributed by atoms with Gasteiger partial charge in [-0.1, -0.05) is 6.08 Å². The molecule has 0 bridgehead atoms. The van der Waals surface area contributed by atoms with Gasteiger partial charge in [0.25, 0.3) is 5.69 Å². The minimum absolute atomic E-state index is 0.147. The van der Waals surface area contributed by atoms with Gasteiger partial charge < -0.3 is 5.32 Å². The van der Waals surface area contributed by atoms with Crippen LogP contribution in [0.3, 0.4) is 0 Å². The molecule has 0 aliphatic heterocycles. The Hall–Kier alpha value is -2.50. The predicted molar refractivity (Wildman–Crippen MR) is 71.6 cm³/mol. The highest BCUT2D eigenvalue weighted by Gasteiger charge is 2.20. The first-order valence-corrected chi connectivity index (χ1v) is 5.65. The van der Waals surface area contributed by atoms with E-state index in [0.29, 0.717) is 5.39 Å². The van der Waals surface area contributed by atoms with Crippen molar-refractivity contribution in [2.75, 3.05) is 5.32 Å². The number of halogens is 1. The normalized spacial score (nSPS) is 12.1. The third-order valence-electron chi connectivity index (χ3n) is 2.74. The van der Waals surface area contributed by atoms with Crippen LogP contribution in [-0.2, 0) is 0 Å². The second-order valence-electron chi connectivity index (χ2n) is 4.08. The average molecular weight is 261 g/mol. The molecular formula is C13H12FN3O2. The van der Waals surface area contributed by atoms with E-state index in [4.69, 9.17) is 0 Å². The number of nitro benzene ring substituents is 1. The van der Waals surface area contributed by atoms with E-state index in [0.717, 1.165) is 6.07 Å². The molecule has 0 aliphatic carbocycles. The summed E-state index contributed by atoms with van der Waals surface area (Å²) in [6.45, 7) is 5.39. The number of nitro groups is 1. The number of aromatic nitrogens is 1. The van der Waals surface area contributed by atoms with Gasteiger partial charge in [0.05, 0.1) is 22.1 Å². The summed E-state index contributed by atoms with van der Waals surface area (Å²) < 4.78 is 14.0. The molecule has 19 heavy (non-hydrogen) atoms. The van der Waals surface area contributed by atoms with Gasteiger partial charge in [0.1, 0.15) is 5.52 Å². The maximum atomic E-state index is 14.0. The van der Waals surface area contributed by atoms with E-state index in [2.05, 4.69) is 16.9 Å². The monoisotopic (exact) mass is 261 g/mol. The lowest BCUT2D eigenvalue weighted by Gasteiger charge is -2.13. The summed E-state index contributed by atoms with van der Waals surface area (Å²) in [6, 6.07) is 3.85. The first-order chi connectivity index (χ1) is 9.04. The molecule has 1 heterocycles. The SMILES string of the molecule is C=CC(C)Nc1c(F)cc([N+](=O)[O-])c2cccnc12. The highest BCUT2D eigenvalue weighted by Crippen LogP contribution is 2.32. The minimum atomic E-state index is -0.702. The maximum absolute atomic E-state index is 14.0. The number of nitrogens with zero attached hydrogens (tertiary/aromatic N) is 2. The van der Waals surface area contributed by atoms with Crippen LogP contribution in [-0.4, -0.2) is 15.9 Å². The molecule has 5 nitrogen and oxygen atoms in total. The Bertz CT molecular complexity index is 658. The summed E-state index contributed by atoms with van der Waals surface area (Å²) >= 11 is 0. The molecule has 1 unspecified atom stereocenters. The van der Waals surface area contributed by atoms with Gasteiger partial charge in [-0.25, -0.2) is 4.39 Å². The molecule has 0 saturated heterocycles. The number of fused-ring (bicyclic) bond motifs is 1. The summed E-state index contributed by atoms with van der Waals surface area (Å²) in [5.74, 6) is -0.702. The van der Waals surface area contributed by atoms with Gasteiger partial charge in [0, 0.05) is 12.2 Å². The number of non-ortho nitro benzene ring substituents is 1. The fourth-order valence-electron chi connectivity index (χ4n) is 1.77. The first-order valence-electron chi connectivity index (χ1n) is 5.65. The van der Waals surface area contributed by atoms with Crippen molar-refractivity contribution in [3.63, 3.8) is 0 Å². The Balaban J connectivity index is 2.71. The molecule has 2 aromatic rings. The van der Waals surface area contributed by atoms with E-state index in [1.54, 1.807) is 25.1 Å². The Morgan fingerprint density at radius 1 is 1.63 bits per heavy atom. The molecule has 1 aromatic carbocycles. The second kappa shape index (κ2) is 5.01. The molecule has 0 amide bonds. The first kappa shape index (κ1) is 12.9. The fourth-order valence-corrected chi connectivity index (χ4v) is 1.77. The number of pyridine rings is 1. The molecule has 6 heteroatoms. The zero-order valence-corrected chi connectivity index (χ0v) is 10.3. The third kappa shape index (κ3) is 2.37. The van der Waals surface area contributed by atoms with Gasteiger partial charge in [-0.3, -0.25) is 15.1 Å². The van der Waals surface area contributed by atoms with Gasteiger partial charge in [-0.15, -0.1) is 6.58 Å². The molecule has 0 spiro atoms.